The number of hydrogen-bond donors (Lipinski definition) is 1. The summed E-state index contributed by atoms with van der Waals surface area (Å²) in [5, 5.41) is 0. The van der Waals surface area contributed by atoms with Gasteiger partial charge in [0.2, 0.25) is 5.88 Å². The lowest BCUT2D eigenvalue weighted by atomic mass is 10.2. The van der Waals surface area contributed by atoms with E-state index in [1.54, 1.807) is 0 Å². The van der Waals surface area contributed by atoms with Crippen molar-refractivity contribution < 1.29 is 4.74 Å². The third-order valence-corrected chi connectivity index (χ3v) is 2.86. The number of nitrogens with zero attached hydrogens (tertiary/aromatic N) is 2. The molecule has 0 aliphatic heterocycles. The lowest BCUT2D eigenvalue weighted by Crippen LogP contribution is -2.12. The largest absolute Gasteiger partial charge is 0.472 e. The lowest BCUT2D eigenvalue weighted by Gasteiger charge is -2.05. The molecule has 2 rings (SSSR count). The highest BCUT2D eigenvalue weighted by Crippen LogP contribution is 2.13. The molecule has 1 aromatic heterocycles. The second-order valence-corrected chi connectivity index (χ2v) is 4.88. The minimum atomic E-state index is 0.223. The SMILES string of the molecule is NC(=S)c1cnc(OCc2cccc(Br)c2)cn1. The summed E-state index contributed by atoms with van der Waals surface area (Å²) in [5.74, 6) is 0.440. The maximum atomic E-state index is 5.50. The number of halogens is 1. The molecule has 0 fully saturated rings. The van der Waals surface area contributed by atoms with Crippen LogP contribution in [0.5, 0.6) is 5.88 Å². The Hall–Kier alpha value is -1.53. The molecule has 4 nitrogen and oxygen atoms in total. The molecule has 0 radical (unpaired) electrons. The molecule has 0 saturated heterocycles. The van der Waals surface area contributed by atoms with Crippen molar-refractivity contribution in [3.8, 4) is 5.88 Å². The Labute approximate surface area is 118 Å². The quantitative estimate of drug-likeness (QED) is 0.876. The van der Waals surface area contributed by atoms with Gasteiger partial charge in [-0.3, -0.25) is 0 Å². The fourth-order valence-electron chi connectivity index (χ4n) is 1.30. The van der Waals surface area contributed by atoms with Crippen molar-refractivity contribution in [2.24, 2.45) is 5.73 Å². The number of aromatic nitrogens is 2. The van der Waals surface area contributed by atoms with Crippen LogP contribution in [0.25, 0.3) is 0 Å². The Kier molecular flexibility index (Phi) is 4.22. The Morgan fingerprint density at radius 3 is 2.78 bits per heavy atom. The van der Waals surface area contributed by atoms with Crippen molar-refractivity contribution in [2.45, 2.75) is 6.61 Å². The molecule has 2 aromatic rings. The third kappa shape index (κ3) is 3.48. The Bertz CT molecular complexity index is 560. The standard InChI is InChI=1S/C12H10BrN3OS/c13-9-3-1-2-8(4-9)7-17-11-6-15-10(5-16-11)12(14)18/h1-6H,7H2,(H2,14,18). The van der Waals surface area contributed by atoms with E-state index in [9.17, 15) is 0 Å². The molecule has 0 aliphatic carbocycles. The number of rotatable bonds is 4. The highest BCUT2D eigenvalue weighted by Gasteiger charge is 2.01. The van der Waals surface area contributed by atoms with Gasteiger partial charge in [-0.15, -0.1) is 0 Å². The summed E-state index contributed by atoms with van der Waals surface area (Å²) in [7, 11) is 0. The third-order valence-electron chi connectivity index (χ3n) is 2.16. The van der Waals surface area contributed by atoms with Crippen molar-refractivity contribution in [1.29, 1.82) is 0 Å². The molecule has 0 unspecified atom stereocenters. The van der Waals surface area contributed by atoms with Gasteiger partial charge in [0.15, 0.2) is 0 Å². The fraction of sp³-hybridized carbons (Fsp3) is 0.0833. The molecule has 92 valence electrons. The second-order valence-electron chi connectivity index (χ2n) is 3.52. The smallest absolute Gasteiger partial charge is 0.232 e. The van der Waals surface area contributed by atoms with Crippen LogP contribution >= 0.6 is 28.1 Å². The van der Waals surface area contributed by atoms with Crippen molar-refractivity contribution in [3.05, 3.63) is 52.4 Å². The molecule has 0 bridgehead atoms. The number of nitrogens with two attached hydrogens (primary N) is 1. The highest BCUT2D eigenvalue weighted by molar-refractivity contribution is 9.10. The number of benzene rings is 1. The van der Waals surface area contributed by atoms with E-state index in [1.165, 1.54) is 12.4 Å². The van der Waals surface area contributed by atoms with E-state index >= 15 is 0 Å². The minimum absolute atomic E-state index is 0.223. The topological polar surface area (TPSA) is 61.0 Å². The van der Waals surface area contributed by atoms with Crippen LogP contribution in [0.4, 0.5) is 0 Å². The molecule has 0 atom stereocenters. The van der Waals surface area contributed by atoms with E-state index in [4.69, 9.17) is 22.7 Å². The summed E-state index contributed by atoms with van der Waals surface area (Å²) in [6.07, 6.45) is 3.01. The molecule has 2 N–H and O–H groups in total. The first-order valence-electron chi connectivity index (χ1n) is 5.14. The van der Waals surface area contributed by atoms with Gasteiger partial charge >= 0.3 is 0 Å². The average Bonchev–Trinajstić information content (AvgIpc) is 2.37. The van der Waals surface area contributed by atoms with Crippen LogP contribution in [0, 0.1) is 0 Å². The number of thiocarbonyl (C=S) groups is 1. The van der Waals surface area contributed by atoms with E-state index in [0.29, 0.717) is 18.2 Å². The van der Waals surface area contributed by atoms with Gasteiger partial charge in [0.05, 0.1) is 12.4 Å². The van der Waals surface area contributed by atoms with Crippen LogP contribution in [-0.2, 0) is 6.61 Å². The summed E-state index contributed by atoms with van der Waals surface area (Å²) >= 11 is 8.19. The molecule has 1 aromatic carbocycles. The summed E-state index contributed by atoms with van der Waals surface area (Å²) in [6, 6.07) is 7.86. The first kappa shape index (κ1) is 12.9. The van der Waals surface area contributed by atoms with Gasteiger partial charge in [-0.05, 0) is 17.7 Å². The number of hydrogen-bond acceptors (Lipinski definition) is 4. The first-order chi connectivity index (χ1) is 8.65. The van der Waals surface area contributed by atoms with Gasteiger partial charge in [-0.25, -0.2) is 9.97 Å². The summed E-state index contributed by atoms with van der Waals surface area (Å²) < 4.78 is 6.52. The Morgan fingerprint density at radius 2 is 2.17 bits per heavy atom. The van der Waals surface area contributed by atoms with E-state index in [2.05, 4.69) is 25.9 Å². The highest BCUT2D eigenvalue weighted by atomic mass is 79.9. The number of ether oxygens (including phenoxy) is 1. The van der Waals surface area contributed by atoms with Crippen molar-refractivity contribution in [1.82, 2.24) is 9.97 Å². The summed E-state index contributed by atoms with van der Waals surface area (Å²) in [6.45, 7) is 0.431. The van der Waals surface area contributed by atoms with Gasteiger partial charge in [0.25, 0.3) is 0 Å². The van der Waals surface area contributed by atoms with Gasteiger partial charge in [0, 0.05) is 4.47 Å². The predicted molar refractivity (Wildman–Crippen MR) is 76.4 cm³/mol. The van der Waals surface area contributed by atoms with E-state index in [0.717, 1.165) is 10.0 Å². The molecular formula is C12H10BrN3OS. The van der Waals surface area contributed by atoms with Gasteiger partial charge in [0.1, 0.15) is 17.3 Å². The van der Waals surface area contributed by atoms with Gasteiger partial charge in [-0.1, -0.05) is 40.3 Å². The minimum Gasteiger partial charge on any atom is -0.472 e. The Morgan fingerprint density at radius 1 is 1.33 bits per heavy atom. The zero-order chi connectivity index (χ0) is 13.0. The maximum Gasteiger partial charge on any atom is 0.232 e. The van der Waals surface area contributed by atoms with Crippen molar-refractivity contribution in [2.75, 3.05) is 0 Å². The predicted octanol–water partition coefficient (Wildman–Crippen LogP) is 2.45. The molecule has 0 aliphatic rings. The second kappa shape index (κ2) is 5.88. The molecule has 1 heterocycles. The van der Waals surface area contributed by atoms with E-state index in [1.807, 2.05) is 24.3 Å². The van der Waals surface area contributed by atoms with Gasteiger partial charge < -0.3 is 10.5 Å². The van der Waals surface area contributed by atoms with Gasteiger partial charge in [-0.2, -0.15) is 0 Å². The van der Waals surface area contributed by atoms with Crippen LogP contribution < -0.4 is 10.5 Å². The zero-order valence-corrected chi connectivity index (χ0v) is 11.7. The molecule has 18 heavy (non-hydrogen) atoms. The van der Waals surface area contributed by atoms with Crippen LogP contribution in [0.1, 0.15) is 11.3 Å². The van der Waals surface area contributed by atoms with Crippen LogP contribution in [0.2, 0.25) is 0 Å². The fourth-order valence-corrected chi connectivity index (χ4v) is 1.85. The van der Waals surface area contributed by atoms with E-state index in [-0.39, 0.29) is 4.99 Å². The lowest BCUT2D eigenvalue weighted by molar-refractivity contribution is 0.292. The first-order valence-corrected chi connectivity index (χ1v) is 6.34. The van der Waals surface area contributed by atoms with Crippen LogP contribution in [-0.4, -0.2) is 15.0 Å². The molecule has 0 amide bonds. The monoisotopic (exact) mass is 323 g/mol. The maximum absolute atomic E-state index is 5.50. The molecule has 0 saturated carbocycles. The van der Waals surface area contributed by atoms with E-state index < -0.39 is 0 Å². The average molecular weight is 324 g/mol. The normalized spacial score (nSPS) is 10.1. The zero-order valence-electron chi connectivity index (χ0n) is 9.34. The molecule has 0 spiro atoms. The van der Waals surface area contributed by atoms with Crippen molar-refractivity contribution in [3.63, 3.8) is 0 Å². The van der Waals surface area contributed by atoms with Crippen LogP contribution in [0.15, 0.2) is 41.1 Å². The van der Waals surface area contributed by atoms with Crippen LogP contribution in [0.3, 0.4) is 0 Å². The van der Waals surface area contributed by atoms with Crippen molar-refractivity contribution >= 4 is 33.1 Å². The summed E-state index contributed by atoms with van der Waals surface area (Å²) in [5.41, 5.74) is 6.96. The molecule has 6 heteroatoms. The molecular weight excluding hydrogens is 314 g/mol. The Balaban J connectivity index is 2.00. The summed E-state index contributed by atoms with van der Waals surface area (Å²) in [4.78, 5) is 8.34.